The van der Waals surface area contributed by atoms with E-state index in [1.54, 1.807) is 11.3 Å². The summed E-state index contributed by atoms with van der Waals surface area (Å²) in [7, 11) is 0. The van der Waals surface area contributed by atoms with Gasteiger partial charge in [-0.2, -0.15) is 11.3 Å². The number of nitrogens with one attached hydrogen (secondary N) is 1. The molecule has 4 heteroatoms. The molecule has 20 heavy (non-hydrogen) atoms. The van der Waals surface area contributed by atoms with Crippen LogP contribution in [-0.4, -0.2) is 22.4 Å². The summed E-state index contributed by atoms with van der Waals surface area (Å²) in [5, 5.41) is 7.80. The van der Waals surface area contributed by atoms with Crippen LogP contribution in [0, 0.1) is 5.92 Å². The second kappa shape index (κ2) is 5.86. The lowest BCUT2D eigenvalue weighted by molar-refractivity contribution is -0.136. The molecule has 112 valence electrons. The second-order valence-electron chi connectivity index (χ2n) is 6.22. The molecule has 0 aromatic carbocycles. The summed E-state index contributed by atoms with van der Waals surface area (Å²) in [6.45, 7) is 10.7. The highest BCUT2D eigenvalue weighted by Crippen LogP contribution is 2.37. The van der Waals surface area contributed by atoms with E-state index >= 15 is 0 Å². The highest BCUT2D eigenvalue weighted by atomic mass is 32.1. The van der Waals surface area contributed by atoms with Gasteiger partial charge in [-0.05, 0) is 48.1 Å². The van der Waals surface area contributed by atoms with Crippen molar-refractivity contribution in [2.24, 2.45) is 5.92 Å². The van der Waals surface area contributed by atoms with Crippen molar-refractivity contribution in [1.29, 1.82) is 0 Å². The molecule has 2 heterocycles. The Labute approximate surface area is 126 Å². The minimum atomic E-state index is -0.436. The Kier molecular flexibility index (Phi) is 4.55. The van der Waals surface area contributed by atoms with E-state index in [1.807, 2.05) is 6.92 Å². The number of rotatable bonds is 5. The molecule has 1 aromatic heterocycles. The zero-order chi connectivity index (χ0) is 14.9. The van der Waals surface area contributed by atoms with Gasteiger partial charge in [-0.25, -0.2) is 0 Å². The molecule has 3 atom stereocenters. The van der Waals surface area contributed by atoms with Gasteiger partial charge < -0.3 is 4.90 Å². The van der Waals surface area contributed by atoms with Gasteiger partial charge in [0.15, 0.2) is 0 Å². The average molecular weight is 294 g/mol. The van der Waals surface area contributed by atoms with Crippen LogP contribution < -0.4 is 5.32 Å². The summed E-state index contributed by atoms with van der Waals surface area (Å²) >= 11 is 1.69. The monoisotopic (exact) mass is 294 g/mol. The Morgan fingerprint density at radius 2 is 2.15 bits per heavy atom. The lowest BCUT2D eigenvalue weighted by Gasteiger charge is -2.34. The van der Waals surface area contributed by atoms with E-state index in [0.717, 1.165) is 12.8 Å². The summed E-state index contributed by atoms with van der Waals surface area (Å²) < 4.78 is 0. The van der Waals surface area contributed by atoms with E-state index in [1.165, 1.54) is 5.56 Å². The van der Waals surface area contributed by atoms with Crippen molar-refractivity contribution in [3.8, 4) is 0 Å². The lowest BCUT2D eigenvalue weighted by Crippen LogP contribution is -2.46. The summed E-state index contributed by atoms with van der Waals surface area (Å²) in [6.07, 6.45) is 1.83. The third-order valence-electron chi connectivity index (χ3n) is 4.55. The molecule has 0 aliphatic carbocycles. The third kappa shape index (κ3) is 2.51. The van der Waals surface area contributed by atoms with Crippen molar-refractivity contribution in [3.63, 3.8) is 0 Å². The molecule has 1 fully saturated rings. The molecule has 1 N–H and O–H groups in total. The Morgan fingerprint density at radius 1 is 1.45 bits per heavy atom. The van der Waals surface area contributed by atoms with Gasteiger partial charge in [0.25, 0.3) is 0 Å². The first-order valence-electron chi connectivity index (χ1n) is 7.57. The smallest absolute Gasteiger partial charge is 0.244 e. The van der Waals surface area contributed by atoms with Crippen molar-refractivity contribution < 1.29 is 4.79 Å². The average Bonchev–Trinajstić information content (AvgIpc) is 3.01. The standard InChI is InChI=1S/C16H26N2OS/c1-6-13(11(3)4)18-14(12-8-9-20-10-12)17-16(5,7-2)15(18)19/h8-11,13-14,17H,6-7H2,1-5H3. The minimum absolute atomic E-state index is 0.0195. The fraction of sp³-hybridized carbons (Fsp3) is 0.688. The van der Waals surface area contributed by atoms with Crippen LogP contribution in [0.2, 0.25) is 0 Å². The molecule has 1 aliphatic heterocycles. The summed E-state index contributed by atoms with van der Waals surface area (Å²) in [5.74, 6) is 0.711. The zero-order valence-electron chi connectivity index (χ0n) is 13.1. The fourth-order valence-electron chi connectivity index (χ4n) is 3.09. The van der Waals surface area contributed by atoms with Crippen LogP contribution in [0.5, 0.6) is 0 Å². The number of hydrogen-bond acceptors (Lipinski definition) is 3. The van der Waals surface area contributed by atoms with Gasteiger partial charge in [-0.15, -0.1) is 0 Å². The largest absolute Gasteiger partial charge is 0.318 e. The first-order valence-corrected chi connectivity index (χ1v) is 8.51. The van der Waals surface area contributed by atoms with E-state index in [9.17, 15) is 4.79 Å². The highest BCUT2D eigenvalue weighted by molar-refractivity contribution is 7.07. The predicted molar refractivity (Wildman–Crippen MR) is 84.7 cm³/mol. The van der Waals surface area contributed by atoms with Gasteiger partial charge in [0.05, 0.1) is 5.54 Å². The first kappa shape index (κ1) is 15.5. The number of amides is 1. The van der Waals surface area contributed by atoms with Crippen LogP contribution in [0.1, 0.15) is 59.2 Å². The number of carbonyl (C=O) groups is 1. The van der Waals surface area contributed by atoms with Gasteiger partial charge in [-0.1, -0.05) is 27.7 Å². The van der Waals surface area contributed by atoms with Gasteiger partial charge in [0.1, 0.15) is 6.17 Å². The highest BCUT2D eigenvalue weighted by Gasteiger charge is 2.49. The molecule has 0 bridgehead atoms. The topological polar surface area (TPSA) is 32.3 Å². The molecule has 0 saturated carbocycles. The van der Waals surface area contributed by atoms with Crippen molar-refractivity contribution in [2.75, 3.05) is 0 Å². The second-order valence-corrected chi connectivity index (χ2v) is 7.00. The lowest BCUT2D eigenvalue weighted by atomic mass is 9.96. The molecule has 1 aliphatic rings. The van der Waals surface area contributed by atoms with Gasteiger partial charge >= 0.3 is 0 Å². The van der Waals surface area contributed by atoms with E-state index in [-0.39, 0.29) is 18.1 Å². The van der Waals surface area contributed by atoms with Crippen molar-refractivity contribution in [3.05, 3.63) is 22.4 Å². The Bertz CT molecular complexity index is 457. The maximum atomic E-state index is 12.9. The molecular weight excluding hydrogens is 268 g/mol. The summed E-state index contributed by atoms with van der Waals surface area (Å²) in [4.78, 5) is 15.0. The third-order valence-corrected chi connectivity index (χ3v) is 5.25. The van der Waals surface area contributed by atoms with Crippen molar-refractivity contribution in [1.82, 2.24) is 10.2 Å². The van der Waals surface area contributed by atoms with Crippen LogP contribution in [0.25, 0.3) is 0 Å². The van der Waals surface area contributed by atoms with Crippen molar-refractivity contribution >= 4 is 17.2 Å². The van der Waals surface area contributed by atoms with Crippen LogP contribution in [0.15, 0.2) is 16.8 Å². The molecule has 3 nitrogen and oxygen atoms in total. The van der Waals surface area contributed by atoms with Crippen LogP contribution in [-0.2, 0) is 4.79 Å². The zero-order valence-corrected chi connectivity index (χ0v) is 14.0. The quantitative estimate of drug-likeness (QED) is 0.896. The SMILES string of the molecule is CCC(C(C)C)N1C(=O)C(C)(CC)NC1c1ccsc1. The van der Waals surface area contributed by atoms with E-state index in [2.05, 4.69) is 54.7 Å². The number of thiophene rings is 1. The van der Waals surface area contributed by atoms with Gasteiger partial charge in [-0.3, -0.25) is 10.1 Å². The number of nitrogens with zero attached hydrogens (tertiary/aromatic N) is 1. The molecular formula is C16H26N2OS. The Morgan fingerprint density at radius 3 is 2.60 bits per heavy atom. The van der Waals surface area contributed by atoms with Gasteiger partial charge in [0.2, 0.25) is 5.91 Å². The van der Waals surface area contributed by atoms with Crippen LogP contribution in [0.3, 0.4) is 0 Å². The summed E-state index contributed by atoms with van der Waals surface area (Å²) in [6, 6.07) is 2.41. The molecule has 0 radical (unpaired) electrons. The number of hydrogen-bond donors (Lipinski definition) is 1. The van der Waals surface area contributed by atoms with Crippen LogP contribution in [0.4, 0.5) is 0 Å². The molecule has 1 saturated heterocycles. The molecule has 0 spiro atoms. The molecule has 2 rings (SSSR count). The number of carbonyl (C=O) groups excluding carboxylic acids is 1. The minimum Gasteiger partial charge on any atom is -0.318 e. The maximum Gasteiger partial charge on any atom is 0.244 e. The van der Waals surface area contributed by atoms with E-state index in [0.29, 0.717) is 5.92 Å². The van der Waals surface area contributed by atoms with Crippen LogP contribution >= 0.6 is 11.3 Å². The van der Waals surface area contributed by atoms with Gasteiger partial charge in [0, 0.05) is 6.04 Å². The molecule has 1 aromatic rings. The predicted octanol–water partition coefficient (Wildman–Crippen LogP) is 3.78. The summed E-state index contributed by atoms with van der Waals surface area (Å²) in [5.41, 5.74) is 0.772. The Balaban J connectivity index is 2.40. The fourth-order valence-corrected chi connectivity index (χ4v) is 3.77. The normalized spacial score (nSPS) is 28.4. The Hall–Kier alpha value is -0.870. The molecule has 3 unspecified atom stereocenters. The maximum absolute atomic E-state index is 12.9. The van der Waals surface area contributed by atoms with E-state index in [4.69, 9.17) is 0 Å². The van der Waals surface area contributed by atoms with E-state index < -0.39 is 5.54 Å². The molecule has 1 amide bonds. The van der Waals surface area contributed by atoms with Crippen molar-refractivity contribution in [2.45, 2.75) is 65.2 Å². The first-order chi connectivity index (χ1) is 9.44.